The van der Waals surface area contributed by atoms with E-state index in [1.165, 1.54) is 16.4 Å². The maximum Gasteiger partial charge on any atom is 0.347 e. The summed E-state index contributed by atoms with van der Waals surface area (Å²) in [6.07, 6.45) is 1.64. The van der Waals surface area contributed by atoms with Gasteiger partial charge >= 0.3 is 11.4 Å². The second kappa shape index (κ2) is 8.36. The lowest BCUT2D eigenvalue weighted by atomic mass is 9.64. The number of nitrogens with zero attached hydrogens (tertiary/aromatic N) is 4. The second-order valence-corrected chi connectivity index (χ2v) is 10.5. The van der Waals surface area contributed by atoms with Gasteiger partial charge in [0, 0.05) is 19.4 Å². The number of rotatable bonds is 5. The van der Waals surface area contributed by atoms with Crippen molar-refractivity contribution in [1.29, 1.82) is 0 Å². The van der Waals surface area contributed by atoms with E-state index in [0.717, 1.165) is 9.47 Å². The predicted molar refractivity (Wildman–Crippen MR) is 130 cm³/mol. The number of benzene rings is 1. The zero-order valence-corrected chi connectivity index (χ0v) is 21.6. The molecule has 1 saturated heterocycles. The fourth-order valence-corrected chi connectivity index (χ4v) is 6.82. The minimum atomic E-state index is -1.87. The molecule has 2 amide bonds. The van der Waals surface area contributed by atoms with Gasteiger partial charge in [-0.25, -0.2) is 23.5 Å². The highest BCUT2D eigenvalue weighted by atomic mass is 79.9. The predicted octanol–water partition coefficient (Wildman–Crippen LogP) is 1.06. The molecule has 35 heavy (non-hydrogen) atoms. The van der Waals surface area contributed by atoms with Crippen LogP contribution in [0.4, 0.5) is 0 Å². The van der Waals surface area contributed by atoms with Crippen LogP contribution in [0.1, 0.15) is 23.9 Å². The molecule has 13 heteroatoms. The smallest absolute Gasteiger partial charge is 0.347 e. The first-order valence-corrected chi connectivity index (χ1v) is 12.7. The van der Waals surface area contributed by atoms with E-state index < -0.39 is 44.9 Å². The number of fused-ring (bicyclic) bond motifs is 4. The summed E-state index contributed by atoms with van der Waals surface area (Å²) in [5.41, 5.74) is 0.0943. The van der Waals surface area contributed by atoms with Gasteiger partial charge in [-0.1, -0.05) is 34.1 Å². The lowest BCUT2D eigenvalue weighted by molar-refractivity contribution is -0.138. The highest BCUT2D eigenvalue weighted by Crippen LogP contribution is 2.63. The maximum absolute atomic E-state index is 13.6. The van der Waals surface area contributed by atoms with E-state index in [1.807, 2.05) is 0 Å². The van der Waals surface area contributed by atoms with Crippen molar-refractivity contribution in [2.75, 3.05) is 18.7 Å². The number of amides is 2. The summed E-state index contributed by atoms with van der Waals surface area (Å²) < 4.78 is 9.04. The van der Waals surface area contributed by atoms with Crippen molar-refractivity contribution >= 4 is 50.9 Å². The van der Waals surface area contributed by atoms with Crippen LogP contribution in [0, 0.1) is 0 Å². The molecule has 2 aromatic rings. The van der Waals surface area contributed by atoms with Gasteiger partial charge in [0.2, 0.25) is 0 Å². The Balaban J connectivity index is 1.73. The SMILES string of the molecule is Cn1c(=O)n2n(c1=O)[C@@H]1C[C@@]3(Cl)C(=O)N(CBr)C(=O)[C@@]3(Cl)[C@@H](c3ccc(OCCO)cc3)C1=CC2. The number of aromatic nitrogens is 3. The molecule has 0 radical (unpaired) electrons. The fourth-order valence-electron chi connectivity index (χ4n) is 5.42. The molecule has 0 spiro atoms. The number of hydrogen-bond donors (Lipinski definition) is 1. The molecule has 10 nitrogen and oxygen atoms in total. The molecule has 0 bridgehead atoms. The van der Waals surface area contributed by atoms with Crippen LogP contribution in [0.15, 0.2) is 45.5 Å². The van der Waals surface area contributed by atoms with Crippen molar-refractivity contribution < 1.29 is 19.4 Å². The highest BCUT2D eigenvalue weighted by molar-refractivity contribution is 9.09. The molecule has 1 saturated carbocycles. The maximum atomic E-state index is 13.6. The van der Waals surface area contributed by atoms with Crippen molar-refractivity contribution in [3.8, 4) is 5.75 Å². The van der Waals surface area contributed by atoms with Crippen LogP contribution in [0.2, 0.25) is 0 Å². The average molecular weight is 588 g/mol. The Hall–Kier alpha value is -2.34. The van der Waals surface area contributed by atoms with Crippen LogP contribution in [0.25, 0.3) is 0 Å². The number of halogens is 3. The van der Waals surface area contributed by atoms with Crippen LogP contribution in [0.5, 0.6) is 5.75 Å². The Bertz CT molecular complexity index is 1380. The fraction of sp³-hybridized carbons (Fsp3) is 0.455. The van der Waals surface area contributed by atoms with Gasteiger partial charge in [0.15, 0.2) is 9.75 Å². The molecule has 1 aliphatic carbocycles. The lowest BCUT2D eigenvalue weighted by Crippen LogP contribution is -2.59. The molecule has 5 rings (SSSR count). The second-order valence-electron chi connectivity index (χ2n) is 8.72. The monoisotopic (exact) mass is 586 g/mol. The number of aliphatic hydroxyl groups excluding tert-OH is 1. The summed E-state index contributed by atoms with van der Waals surface area (Å²) in [7, 11) is 1.38. The van der Waals surface area contributed by atoms with Crippen molar-refractivity contribution in [2.24, 2.45) is 7.05 Å². The Morgan fingerprint density at radius 2 is 1.80 bits per heavy atom. The van der Waals surface area contributed by atoms with Gasteiger partial charge < -0.3 is 9.84 Å². The van der Waals surface area contributed by atoms with Gasteiger partial charge in [-0.2, -0.15) is 0 Å². The van der Waals surface area contributed by atoms with E-state index in [4.69, 9.17) is 33.0 Å². The van der Waals surface area contributed by atoms with Gasteiger partial charge in [0.25, 0.3) is 11.8 Å². The first-order chi connectivity index (χ1) is 16.6. The molecule has 2 aliphatic heterocycles. The van der Waals surface area contributed by atoms with Crippen LogP contribution < -0.4 is 16.1 Å². The zero-order chi connectivity index (χ0) is 25.3. The summed E-state index contributed by atoms with van der Waals surface area (Å²) >= 11 is 17.3. The summed E-state index contributed by atoms with van der Waals surface area (Å²) in [4.78, 5) is 49.9. The highest BCUT2D eigenvalue weighted by Gasteiger charge is 2.75. The molecule has 2 fully saturated rings. The first kappa shape index (κ1) is 24.4. The minimum Gasteiger partial charge on any atom is -0.491 e. The largest absolute Gasteiger partial charge is 0.491 e. The Morgan fingerprint density at radius 3 is 2.43 bits per heavy atom. The van der Waals surface area contributed by atoms with Gasteiger partial charge in [-0.05, 0) is 23.3 Å². The Morgan fingerprint density at radius 1 is 1.11 bits per heavy atom. The molecular formula is C22H21BrCl2N4O6. The topological polar surface area (TPSA) is 116 Å². The Kier molecular flexibility index (Phi) is 5.82. The summed E-state index contributed by atoms with van der Waals surface area (Å²) in [5.74, 6) is -1.67. The first-order valence-electron chi connectivity index (χ1n) is 10.8. The minimum absolute atomic E-state index is 0.0893. The summed E-state index contributed by atoms with van der Waals surface area (Å²) in [5, 5.41) is 9.01. The van der Waals surface area contributed by atoms with Crippen LogP contribution in [-0.4, -0.2) is 64.2 Å². The third kappa shape index (κ3) is 3.11. The number of allylic oxidation sites excluding steroid dienone is 2. The molecular weight excluding hydrogens is 567 g/mol. The van der Waals surface area contributed by atoms with Gasteiger partial charge in [0.05, 0.1) is 24.6 Å². The molecule has 3 heterocycles. The van der Waals surface area contributed by atoms with E-state index in [1.54, 1.807) is 30.3 Å². The number of likely N-dealkylation sites (tertiary alicyclic amines) is 1. The van der Waals surface area contributed by atoms with E-state index >= 15 is 0 Å². The molecule has 1 aromatic carbocycles. The molecule has 0 unspecified atom stereocenters. The lowest BCUT2D eigenvalue weighted by Gasteiger charge is -2.49. The summed E-state index contributed by atoms with van der Waals surface area (Å²) in [6, 6.07) is 6.00. The standard InChI is InChI=1S/C22H21BrCl2N4O6/c1-26-19(33)28-7-6-14-15(29(28)20(26)34)10-21(24)17(31)27(11-23)18(32)22(21,25)16(14)12-2-4-13(5-3-12)35-9-8-30/h2-6,15-16,30H,7-11H2,1H3/t15-,16+,21-,22+/m1/s1. The van der Waals surface area contributed by atoms with Gasteiger partial charge in [-0.15, -0.1) is 23.2 Å². The number of aliphatic hydroxyl groups is 1. The third-order valence-corrected chi connectivity index (χ3v) is 8.96. The van der Waals surface area contributed by atoms with Crippen molar-refractivity contribution in [3.63, 3.8) is 0 Å². The number of imide groups is 1. The summed E-state index contributed by atoms with van der Waals surface area (Å²) in [6.45, 7) is 0.0639. The van der Waals surface area contributed by atoms with Crippen molar-refractivity contribution in [2.45, 2.75) is 34.7 Å². The average Bonchev–Trinajstić information content (AvgIpc) is 3.16. The zero-order valence-electron chi connectivity index (χ0n) is 18.5. The number of carbonyl (C=O) groups excluding carboxylic acids is 2. The quantitative estimate of drug-likeness (QED) is 0.242. The van der Waals surface area contributed by atoms with Crippen molar-refractivity contribution in [3.05, 3.63) is 62.4 Å². The van der Waals surface area contributed by atoms with Gasteiger partial charge in [-0.3, -0.25) is 14.5 Å². The number of ether oxygens (including phenoxy) is 1. The van der Waals surface area contributed by atoms with Crippen LogP contribution in [-0.2, 0) is 23.2 Å². The molecule has 4 atom stereocenters. The number of alkyl halides is 3. The third-order valence-electron chi connectivity index (χ3n) is 7.05. The van der Waals surface area contributed by atoms with E-state index in [-0.39, 0.29) is 31.6 Å². The van der Waals surface area contributed by atoms with Crippen molar-refractivity contribution in [1.82, 2.24) is 18.8 Å². The van der Waals surface area contributed by atoms with E-state index in [2.05, 4.69) is 15.9 Å². The number of hydrogen-bond acceptors (Lipinski definition) is 6. The van der Waals surface area contributed by atoms with Gasteiger partial charge in [0.1, 0.15) is 12.4 Å². The molecule has 186 valence electrons. The van der Waals surface area contributed by atoms with Crippen LogP contribution in [0.3, 0.4) is 0 Å². The molecule has 3 aliphatic rings. The van der Waals surface area contributed by atoms with E-state index in [9.17, 15) is 19.2 Å². The van der Waals surface area contributed by atoms with Crippen LogP contribution >= 0.6 is 39.1 Å². The normalized spacial score (nSPS) is 29.5. The number of carbonyl (C=O) groups is 2. The molecule has 1 aromatic heterocycles. The van der Waals surface area contributed by atoms with E-state index in [0.29, 0.717) is 16.9 Å². The molecule has 1 N–H and O–H groups in total. The Labute approximate surface area is 217 Å².